The maximum absolute atomic E-state index is 11.5. The van der Waals surface area contributed by atoms with Gasteiger partial charge < -0.3 is 9.80 Å². The minimum Gasteiger partial charge on any atom is -0.345 e. The fourth-order valence-electron chi connectivity index (χ4n) is 1.41. The number of hydrogen-bond acceptors (Lipinski definition) is 2. The fraction of sp³-hybridized carbons (Fsp3) is 0.556. The summed E-state index contributed by atoms with van der Waals surface area (Å²) in [7, 11) is 3.36. The minimum absolute atomic E-state index is 0.0345. The highest BCUT2D eigenvalue weighted by Gasteiger charge is 2.33. The van der Waals surface area contributed by atoms with Crippen LogP contribution in [0.2, 0.25) is 0 Å². The fourth-order valence-corrected chi connectivity index (χ4v) is 1.41. The first-order valence-electron chi connectivity index (χ1n) is 4.19. The Labute approximate surface area is 77.8 Å². The van der Waals surface area contributed by atoms with Gasteiger partial charge in [-0.2, -0.15) is 0 Å². The van der Waals surface area contributed by atoms with Crippen LogP contribution in [0.4, 0.5) is 0 Å². The molecule has 0 saturated carbocycles. The van der Waals surface area contributed by atoms with Crippen molar-refractivity contribution in [2.45, 2.75) is 6.42 Å². The Bertz CT molecular complexity index is 250. The first-order chi connectivity index (χ1) is 6.06. The Morgan fingerprint density at radius 2 is 2.38 bits per heavy atom. The van der Waals surface area contributed by atoms with E-state index >= 15 is 0 Å². The number of carbonyl (C=O) groups is 2. The van der Waals surface area contributed by atoms with Crippen LogP contribution in [-0.2, 0) is 9.59 Å². The summed E-state index contributed by atoms with van der Waals surface area (Å²) < 4.78 is 0. The second-order valence-corrected chi connectivity index (χ2v) is 3.31. The average Bonchev–Trinajstić information content (AvgIpc) is 2.44. The summed E-state index contributed by atoms with van der Waals surface area (Å²) in [6.07, 6.45) is 1.79. The van der Waals surface area contributed by atoms with Crippen molar-refractivity contribution in [1.29, 1.82) is 0 Å². The summed E-state index contributed by atoms with van der Waals surface area (Å²) in [5.74, 6) is -0.191. The lowest BCUT2D eigenvalue weighted by Crippen LogP contribution is -2.30. The number of hydrogen-bond donors (Lipinski definition) is 0. The van der Waals surface area contributed by atoms with Crippen LogP contribution in [0.25, 0.3) is 0 Å². The van der Waals surface area contributed by atoms with Gasteiger partial charge in [0.25, 0.3) is 0 Å². The zero-order valence-electron chi connectivity index (χ0n) is 7.99. The van der Waals surface area contributed by atoms with Crippen molar-refractivity contribution in [3.63, 3.8) is 0 Å². The van der Waals surface area contributed by atoms with Crippen molar-refractivity contribution >= 4 is 11.8 Å². The summed E-state index contributed by atoms with van der Waals surface area (Å²) >= 11 is 0. The molecule has 1 heterocycles. The first-order valence-corrected chi connectivity index (χ1v) is 4.19. The number of carbonyl (C=O) groups excluding carboxylic acids is 2. The highest BCUT2D eigenvalue weighted by atomic mass is 16.2. The lowest BCUT2D eigenvalue weighted by molar-refractivity contribution is -0.132. The number of nitrogens with zero attached hydrogens (tertiary/aromatic N) is 2. The average molecular weight is 182 g/mol. The monoisotopic (exact) mass is 182 g/mol. The van der Waals surface area contributed by atoms with Crippen molar-refractivity contribution in [3.05, 3.63) is 12.8 Å². The SMILES string of the molecule is C=CN(C)C(=O)C1CC(=O)N(C)C1. The maximum Gasteiger partial charge on any atom is 0.231 e. The molecule has 1 saturated heterocycles. The van der Waals surface area contributed by atoms with E-state index in [0.717, 1.165) is 0 Å². The normalized spacial score (nSPS) is 21.8. The third kappa shape index (κ3) is 1.88. The number of rotatable bonds is 2. The van der Waals surface area contributed by atoms with E-state index in [0.29, 0.717) is 13.0 Å². The molecule has 0 bridgehead atoms. The molecule has 0 spiro atoms. The Balaban J connectivity index is 2.60. The van der Waals surface area contributed by atoms with E-state index in [-0.39, 0.29) is 17.7 Å². The Hall–Kier alpha value is -1.32. The third-order valence-corrected chi connectivity index (χ3v) is 2.31. The van der Waals surface area contributed by atoms with Crippen LogP contribution in [0.15, 0.2) is 12.8 Å². The van der Waals surface area contributed by atoms with Gasteiger partial charge in [-0.1, -0.05) is 6.58 Å². The van der Waals surface area contributed by atoms with E-state index < -0.39 is 0 Å². The summed E-state index contributed by atoms with van der Waals surface area (Å²) in [5.41, 5.74) is 0. The molecule has 0 aromatic heterocycles. The molecule has 1 aliphatic rings. The van der Waals surface area contributed by atoms with Gasteiger partial charge in [-0.25, -0.2) is 0 Å². The van der Waals surface area contributed by atoms with Crippen LogP contribution in [-0.4, -0.2) is 42.3 Å². The molecule has 2 amide bonds. The van der Waals surface area contributed by atoms with Crippen LogP contribution in [0, 0.1) is 5.92 Å². The summed E-state index contributed by atoms with van der Waals surface area (Å²) in [6, 6.07) is 0. The van der Waals surface area contributed by atoms with Crippen LogP contribution in [0.1, 0.15) is 6.42 Å². The molecule has 0 N–H and O–H groups in total. The predicted molar refractivity (Wildman–Crippen MR) is 48.7 cm³/mol. The zero-order chi connectivity index (χ0) is 10.0. The quantitative estimate of drug-likeness (QED) is 0.606. The number of amides is 2. The van der Waals surface area contributed by atoms with Crippen molar-refractivity contribution in [2.24, 2.45) is 5.92 Å². The first kappa shape index (κ1) is 9.77. The molecule has 1 atom stereocenters. The summed E-state index contributed by atoms with van der Waals surface area (Å²) in [6.45, 7) is 4.02. The molecule has 72 valence electrons. The maximum atomic E-state index is 11.5. The summed E-state index contributed by atoms with van der Waals surface area (Å²) in [4.78, 5) is 25.7. The molecule has 0 aromatic rings. The van der Waals surface area contributed by atoms with Crippen LogP contribution in [0.5, 0.6) is 0 Å². The van der Waals surface area contributed by atoms with Gasteiger partial charge >= 0.3 is 0 Å². The molecule has 4 nitrogen and oxygen atoms in total. The number of likely N-dealkylation sites (tertiary alicyclic amines) is 1. The second kappa shape index (κ2) is 3.60. The van der Waals surface area contributed by atoms with E-state index in [2.05, 4.69) is 6.58 Å². The van der Waals surface area contributed by atoms with Gasteiger partial charge in [-0.15, -0.1) is 0 Å². The highest BCUT2D eigenvalue weighted by molar-refractivity contribution is 5.89. The molecule has 0 aromatic carbocycles. The minimum atomic E-state index is -0.194. The van der Waals surface area contributed by atoms with E-state index in [4.69, 9.17) is 0 Å². The van der Waals surface area contributed by atoms with E-state index in [1.807, 2.05) is 0 Å². The largest absolute Gasteiger partial charge is 0.345 e. The Morgan fingerprint density at radius 1 is 1.77 bits per heavy atom. The van der Waals surface area contributed by atoms with Crippen molar-refractivity contribution in [3.8, 4) is 0 Å². The molecule has 1 rings (SSSR count). The van der Waals surface area contributed by atoms with Gasteiger partial charge in [-0.3, -0.25) is 9.59 Å². The molecule has 0 aliphatic carbocycles. The van der Waals surface area contributed by atoms with Crippen molar-refractivity contribution in [2.75, 3.05) is 20.6 Å². The third-order valence-electron chi connectivity index (χ3n) is 2.31. The molecule has 1 unspecified atom stereocenters. The van der Waals surface area contributed by atoms with Gasteiger partial charge in [0, 0.05) is 27.1 Å². The van der Waals surface area contributed by atoms with Crippen molar-refractivity contribution < 1.29 is 9.59 Å². The topological polar surface area (TPSA) is 40.6 Å². The van der Waals surface area contributed by atoms with E-state index in [1.54, 1.807) is 19.0 Å². The van der Waals surface area contributed by atoms with E-state index in [1.165, 1.54) is 11.1 Å². The van der Waals surface area contributed by atoms with Crippen molar-refractivity contribution in [1.82, 2.24) is 9.80 Å². The molecule has 1 fully saturated rings. The predicted octanol–water partition coefficient (Wildman–Crippen LogP) is 0.0666. The van der Waals surface area contributed by atoms with Crippen LogP contribution >= 0.6 is 0 Å². The standard InChI is InChI=1S/C9H14N2O2/c1-4-10(2)9(13)7-5-8(12)11(3)6-7/h4,7H,1,5-6H2,2-3H3. The molecule has 1 aliphatic heterocycles. The lowest BCUT2D eigenvalue weighted by atomic mass is 10.1. The summed E-state index contributed by atoms with van der Waals surface area (Å²) in [5, 5.41) is 0. The van der Waals surface area contributed by atoms with Gasteiger partial charge in [0.2, 0.25) is 11.8 Å². The Kier molecular flexibility index (Phi) is 2.70. The molecule has 0 radical (unpaired) electrons. The smallest absolute Gasteiger partial charge is 0.231 e. The lowest BCUT2D eigenvalue weighted by Gasteiger charge is -2.15. The van der Waals surface area contributed by atoms with Crippen LogP contribution in [0.3, 0.4) is 0 Å². The highest BCUT2D eigenvalue weighted by Crippen LogP contribution is 2.17. The van der Waals surface area contributed by atoms with Gasteiger partial charge in [0.05, 0.1) is 5.92 Å². The van der Waals surface area contributed by atoms with Crippen LogP contribution < -0.4 is 0 Å². The van der Waals surface area contributed by atoms with Gasteiger partial charge in [0.1, 0.15) is 0 Å². The van der Waals surface area contributed by atoms with Gasteiger partial charge in [-0.05, 0) is 6.20 Å². The van der Waals surface area contributed by atoms with E-state index in [9.17, 15) is 9.59 Å². The second-order valence-electron chi connectivity index (χ2n) is 3.31. The zero-order valence-corrected chi connectivity index (χ0v) is 7.99. The Morgan fingerprint density at radius 3 is 2.77 bits per heavy atom. The molecule has 4 heteroatoms. The molecular weight excluding hydrogens is 168 g/mol. The molecular formula is C9H14N2O2. The molecule has 13 heavy (non-hydrogen) atoms. The van der Waals surface area contributed by atoms with Gasteiger partial charge in [0.15, 0.2) is 0 Å².